The Labute approximate surface area is 119 Å². The van der Waals surface area contributed by atoms with Crippen molar-refractivity contribution in [2.45, 2.75) is 38.5 Å². The Morgan fingerprint density at radius 2 is 1.90 bits per heavy atom. The zero-order valence-electron chi connectivity index (χ0n) is 11.8. The summed E-state index contributed by atoms with van der Waals surface area (Å²) in [7, 11) is 0. The number of nitrogens with one attached hydrogen (secondary N) is 1. The molecule has 110 valence electrons. The van der Waals surface area contributed by atoms with Gasteiger partial charge in [-0.05, 0) is 39.8 Å². The highest BCUT2D eigenvalue weighted by Gasteiger charge is 2.29. The Hall–Kier alpha value is -1.11. The van der Waals surface area contributed by atoms with Crippen LogP contribution < -0.4 is 4.72 Å². The lowest BCUT2D eigenvalue weighted by molar-refractivity contribution is 0.464. The van der Waals surface area contributed by atoms with E-state index in [1.54, 1.807) is 13.0 Å². The average Bonchev–Trinajstić information content (AvgIpc) is 2.71. The Kier molecular flexibility index (Phi) is 4.09. The first-order valence-corrected chi connectivity index (χ1v) is 7.40. The lowest BCUT2D eigenvalue weighted by Gasteiger charge is -2.25. The maximum absolute atomic E-state index is 13.6. The van der Waals surface area contributed by atoms with Gasteiger partial charge in [-0.15, -0.1) is 4.72 Å². The van der Waals surface area contributed by atoms with E-state index in [0.29, 0.717) is 11.1 Å². The number of furan rings is 1. The quantitative estimate of drug-likeness (QED) is 0.877. The topological polar surface area (TPSA) is 48.2 Å². The molecule has 0 bridgehead atoms. The molecule has 0 spiro atoms. The highest BCUT2D eigenvalue weighted by Crippen LogP contribution is 2.28. The fourth-order valence-electron chi connectivity index (χ4n) is 1.70. The molecule has 0 aliphatic heterocycles. The second-order valence-electron chi connectivity index (χ2n) is 5.68. The van der Waals surface area contributed by atoms with Gasteiger partial charge in [0.15, 0.2) is 11.4 Å². The third kappa shape index (κ3) is 3.13. The first kappa shape index (κ1) is 15.3. The summed E-state index contributed by atoms with van der Waals surface area (Å²) >= 11 is -1.28. The van der Waals surface area contributed by atoms with Gasteiger partial charge < -0.3 is 8.97 Å². The SMILES string of the molecule is C[C@@H](N[S@@+]([O-])C(C)(C)C)c1cc2cc(F)cc(F)c2o1. The molecule has 0 amide bonds. The molecular weight excluding hydrogens is 284 g/mol. The Morgan fingerprint density at radius 3 is 2.50 bits per heavy atom. The van der Waals surface area contributed by atoms with Crippen LogP contribution in [-0.2, 0) is 11.4 Å². The average molecular weight is 301 g/mol. The highest BCUT2D eigenvalue weighted by molar-refractivity contribution is 7.90. The van der Waals surface area contributed by atoms with Crippen LogP contribution >= 0.6 is 0 Å². The van der Waals surface area contributed by atoms with Crippen molar-refractivity contribution in [2.24, 2.45) is 0 Å². The predicted octanol–water partition coefficient (Wildman–Crippen LogP) is 3.82. The van der Waals surface area contributed by atoms with E-state index in [1.807, 2.05) is 20.8 Å². The molecule has 1 N–H and O–H groups in total. The number of halogens is 2. The third-order valence-electron chi connectivity index (χ3n) is 2.82. The van der Waals surface area contributed by atoms with Crippen LogP contribution in [0.4, 0.5) is 8.78 Å². The number of fused-ring (bicyclic) bond motifs is 1. The predicted molar refractivity (Wildman–Crippen MR) is 75.6 cm³/mol. The van der Waals surface area contributed by atoms with Crippen LogP contribution in [-0.4, -0.2) is 9.30 Å². The van der Waals surface area contributed by atoms with Crippen LogP contribution in [0.3, 0.4) is 0 Å². The van der Waals surface area contributed by atoms with E-state index in [0.717, 1.165) is 6.07 Å². The van der Waals surface area contributed by atoms with Gasteiger partial charge in [-0.1, -0.05) is 0 Å². The summed E-state index contributed by atoms with van der Waals surface area (Å²) in [5, 5.41) is 0.354. The molecule has 0 aliphatic rings. The van der Waals surface area contributed by atoms with Gasteiger partial charge in [-0.2, -0.15) is 0 Å². The first-order chi connectivity index (χ1) is 9.18. The van der Waals surface area contributed by atoms with Crippen molar-refractivity contribution in [3.05, 3.63) is 35.6 Å². The van der Waals surface area contributed by atoms with E-state index in [2.05, 4.69) is 4.72 Å². The normalized spacial score (nSPS) is 15.6. The highest BCUT2D eigenvalue weighted by atomic mass is 32.2. The van der Waals surface area contributed by atoms with Gasteiger partial charge in [0.25, 0.3) is 0 Å². The maximum atomic E-state index is 13.6. The van der Waals surface area contributed by atoms with Crippen LogP contribution in [0, 0.1) is 11.6 Å². The summed E-state index contributed by atoms with van der Waals surface area (Å²) < 4.78 is 46.6. The molecule has 1 heterocycles. The van der Waals surface area contributed by atoms with Gasteiger partial charge in [0, 0.05) is 22.8 Å². The van der Waals surface area contributed by atoms with E-state index in [4.69, 9.17) is 4.42 Å². The van der Waals surface area contributed by atoms with Crippen LogP contribution in [0.15, 0.2) is 22.6 Å². The van der Waals surface area contributed by atoms with Gasteiger partial charge in [0.05, 0.1) is 0 Å². The van der Waals surface area contributed by atoms with Crippen LogP contribution in [0.25, 0.3) is 11.0 Å². The molecule has 0 aliphatic carbocycles. The van der Waals surface area contributed by atoms with Crippen molar-refractivity contribution < 1.29 is 17.8 Å². The summed E-state index contributed by atoms with van der Waals surface area (Å²) in [6, 6.07) is 3.17. The van der Waals surface area contributed by atoms with Crippen LogP contribution in [0.2, 0.25) is 0 Å². The van der Waals surface area contributed by atoms with E-state index < -0.39 is 27.7 Å². The maximum Gasteiger partial charge on any atom is 0.170 e. The lowest BCUT2D eigenvalue weighted by atomic mass is 10.2. The lowest BCUT2D eigenvalue weighted by Crippen LogP contribution is -2.40. The first-order valence-electron chi connectivity index (χ1n) is 6.25. The van der Waals surface area contributed by atoms with Crippen molar-refractivity contribution in [1.82, 2.24) is 4.72 Å². The summed E-state index contributed by atoms with van der Waals surface area (Å²) in [5.74, 6) is -0.973. The monoisotopic (exact) mass is 301 g/mol. The van der Waals surface area contributed by atoms with Gasteiger partial charge in [-0.25, -0.2) is 8.78 Å². The van der Waals surface area contributed by atoms with E-state index >= 15 is 0 Å². The van der Waals surface area contributed by atoms with Gasteiger partial charge in [0.1, 0.15) is 22.4 Å². The Balaban J connectivity index is 2.27. The summed E-state index contributed by atoms with van der Waals surface area (Å²) in [5.41, 5.74) is 0.0107. The molecular formula is C14H17F2NO2S. The van der Waals surface area contributed by atoms with Crippen molar-refractivity contribution >= 4 is 22.3 Å². The molecule has 2 atom stereocenters. The smallest absolute Gasteiger partial charge is 0.170 e. The van der Waals surface area contributed by atoms with Crippen LogP contribution in [0.5, 0.6) is 0 Å². The summed E-state index contributed by atoms with van der Waals surface area (Å²) in [6.07, 6.45) is 0. The number of hydrogen-bond acceptors (Lipinski definition) is 3. The standard InChI is InChI=1S/C14H17F2NO2S/c1-8(17-20(18)14(2,3)4)12-6-9-5-10(15)7-11(16)13(9)19-12/h5-8,17H,1-4H3/t8-,20+/m1/s1. The summed E-state index contributed by atoms with van der Waals surface area (Å²) in [6.45, 7) is 7.29. The van der Waals surface area contributed by atoms with Gasteiger partial charge in [0.2, 0.25) is 0 Å². The van der Waals surface area contributed by atoms with Crippen molar-refractivity contribution in [3.63, 3.8) is 0 Å². The van der Waals surface area contributed by atoms with E-state index in [-0.39, 0.29) is 11.6 Å². The zero-order valence-corrected chi connectivity index (χ0v) is 12.6. The third-order valence-corrected chi connectivity index (χ3v) is 4.50. The second-order valence-corrected chi connectivity index (χ2v) is 7.67. The summed E-state index contributed by atoms with van der Waals surface area (Å²) in [4.78, 5) is 0. The van der Waals surface area contributed by atoms with Crippen LogP contribution in [0.1, 0.15) is 39.5 Å². The van der Waals surface area contributed by atoms with Crippen molar-refractivity contribution in [2.75, 3.05) is 0 Å². The van der Waals surface area contributed by atoms with Gasteiger partial charge >= 0.3 is 0 Å². The fourth-order valence-corrected chi connectivity index (χ4v) is 2.50. The fraction of sp³-hybridized carbons (Fsp3) is 0.429. The van der Waals surface area contributed by atoms with Gasteiger partial charge in [-0.3, -0.25) is 0 Å². The minimum absolute atomic E-state index is 0.0107. The molecule has 0 radical (unpaired) electrons. The molecule has 0 unspecified atom stereocenters. The van der Waals surface area contributed by atoms with Crippen molar-refractivity contribution in [1.29, 1.82) is 0 Å². The molecule has 2 rings (SSSR count). The Bertz CT molecular complexity index is 621. The largest absolute Gasteiger partial charge is 0.598 e. The second kappa shape index (κ2) is 5.35. The molecule has 0 saturated carbocycles. The minimum Gasteiger partial charge on any atom is -0.598 e. The number of benzene rings is 1. The molecule has 3 nitrogen and oxygen atoms in total. The molecule has 1 aromatic heterocycles. The van der Waals surface area contributed by atoms with E-state index in [1.165, 1.54) is 6.07 Å². The van der Waals surface area contributed by atoms with E-state index in [9.17, 15) is 13.3 Å². The Morgan fingerprint density at radius 1 is 1.25 bits per heavy atom. The molecule has 0 fully saturated rings. The zero-order chi connectivity index (χ0) is 15.1. The minimum atomic E-state index is -1.28. The molecule has 0 saturated heterocycles. The molecule has 1 aromatic carbocycles. The number of hydrogen-bond donors (Lipinski definition) is 1. The molecule has 2 aromatic rings. The number of rotatable bonds is 3. The van der Waals surface area contributed by atoms with Crippen molar-refractivity contribution in [3.8, 4) is 0 Å². The molecule has 6 heteroatoms. The molecule has 20 heavy (non-hydrogen) atoms.